The van der Waals surface area contributed by atoms with Crippen LogP contribution in [0.15, 0.2) is 16.4 Å². The second kappa shape index (κ2) is 3.34. The van der Waals surface area contributed by atoms with Gasteiger partial charge in [0.25, 0.3) is 5.70 Å². The van der Waals surface area contributed by atoms with Crippen molar-refractivity contribution in [3.8, 4) is 0 Å². The van der Waals surface area contributed by atoms with Crippen LogP contribution in [0.3, 0.4) is 0 Å². The Morgan fingerprint density at radius 3 is 2.75 bits per heavy atom. The highest BCUT2D eigenvalue weighted by molar-refractivity contribution is 6.00. The molecule has 0 bridgehead atoms. The van der Waals surface area contributed by atoms with E-state index in [4.69, 9.17) is 5.21 Å². The Balaban J connectivity index is 3.03. The first-order valence-corrected chi connectivity index (χ1v) is 3.72. The Kier molecular flexibility index (Phi) is 2.42. The molecule has 0 saturated carbocycles. The molecule has 1 N–H and O–H groups in total. The van der Waals surface area contributed by atoms with Gasteiger partial charge in [-0.25, -0.2) is 0 Å². The van der Waals surface area contributed by atoms with Crippen LogP contribution < -0.4 is 0 Å². The van der Waals surface area contributed by atoms with Gasteiger partial charge in [0, 0.05) is 12.0 Å². The van der Waals surface area contributed by atoms with E-state index in [1.54, 1.807) is 6.92 Å². The summed E-state index contributed by atoms with van der Waals surface area (Å²) in [5, 5.41) is 21.9. The minimum absolute atomic E-state index is 0.175. The summed E-state index contributed by atoms with van der Waals surface area (Å²) in [5.41, 5.74) is 1.12. The summed E-state index contributed by atoms with van der Waals surface area (Å²) in [6.45, 7) is 1.62. The molecule has 0 fully saturated rings. The lowest BCUT2D eigenvalue weighted by atomic mass is 9.96. The molecule has 1 aliphatic rings. The fourth-order valence-corrected chi connectivity index (χ4v) is 1.32. The molecule has 0 aromatic rings. The summed E-state index contributed by atoms with van der Waals surface area (Å²) in [4.78, 5) is 10.0. The molecule has 0 radical (unpaired) electrons. The third kappa shape index (κ3) is 1.44. The molecule has 0 aliphatic heterocycles. The van der Waals surface area contributed by atoms with E-state index in [-0.39, 0.29) is 5.70 Å². The zero-order valence-corrected chi connectivity index (χ0v) is 6.78. The predicted octanol–water partition coefficient (Wildman–Crippen LogP) is 1.55. The van der Waals surface area contributed by atoms with E-state index in [9.17, 15) is 10.1 Å². The van der Waals surface area contributed by atoms with E-state index in [1.807, 2.05) is 0 Å². The molecule has 0 saturated heterocycles. The maximum Gasteiger partial charge on any atom is 0.251 e. The van der Waals surface area contributed by atoms with E-state index in [0.29, 0.717) is 30.5 Å². The summed E-state index contributed by atoms with van der Waals surface area (Å²) in [6.07, 6.45) is 1.78. The molecule has 0 unspecified atom stereocenters. The van der Waals surface area contributed by atoms with Gasteiger partial charge in [0.1, 0.15) is 0 Å². The van der Waals surface area contributed by atoms with Gasteiger partial charge in [-0.15, -0.1) is 0 Å². The molecular formula is C7H10N2O3. The first-order chi connectivity index (χ1) is 5.66. The molecule has 5 nitrogen and oxygen atoms in total. The van der Waals surface area contributed by atoms with Crippen molar-refractivity contribution >= 4 is 5.71 Å². The Labute approximate surface area is 69.5 Å². The number of hydrogen-bond acceptors (Lipinski definition) is 4. The molecule has 1 rings (SSSR count). The van der Waals surface area contributed by atoms with Gasteiger partial charge in [0.2, 0.25) is 0 Å². The molecule has 5 heteroatoms. The highest BCUT2D eigenvalue weighted by Gasteiger charge is 2.23. The molecule has 0 atom stereocenters. The zero-order chi connectivity index (χ0) is 9.14. The van der Waals surface area contributed by atoms with Crippen LogP contribution in [0.1, 0.15) is 26.2 Å². The van der Waals surface area contributed by atoms with E-state index >= 15 is 0 Å². The maximum absolute atomic E-state index is 10.4. The van der Waals surface area contributed by atoms with Gasteiger partial charge in [0.15, 0.2) is 0 Å². The highest BCUT2D eigenvalue weighted by atomic mass is 16.6. The Morgan fingerprint density at radius 1 is 1.58 bits per heavy atom. The van der Waals surface area contributed by atoms with Crippen LogP contribution in [0, 0.1) is 10.1 Å². The third-order valence-corrected chi connectivity index (χ3v) is 2.03. The molecule has 0 spiro atoms. The maximum atomic E-state index is 10.4. The van der Waals surface area contributed by atoms with Gasteiger partial charge in [-0.1, -0.05) is 5.16 Å². The van der Waals surface area contributed by atoms with E-state index in [2.05, 4.69) is 5.16 Å². The van der Waals surface area contributed by atoms with Crippen molar-refractivity contribution < 1.29 is 10.1 Å². The van der Waals surface area contributed by atoms with Crippen molar-refractivity contribution in [1.82, 2.24) is 0 Å². The van der Waals surface area contributed by atoms with Crippen LogP contribution in [0.2, 0.25) is 0 Å². The first kappa shape index (κ1) is 8.70. The summed E-state index contributed by atoms with van der Waals surface area (Å²) in [5.74, 6) is 0. The lowest BCUT2D eigenvalue weighted by molar-refractivity contribution is -0.429. The number of oxime groups is 1. The minimum Gasteiger partial charge on any atom is -0.411 e. The molecule has 0 aromatic carbocycles. The molecule has 0 heterocycles. The Morgan fingerprint density at radius 2 is 2.25 bits per heavy atom. The third-order valence-electron chi connectivity index (χ3n) is 2.03. The average molecular weight is 170 g/mol. The second-order valence-electron chi connectivity index (χ2n) is 2.73. The van der Waals surface area contributed by atoms with Crippen LogP contribution in [-0.4, -0.2) is 15.8 Å². The summed E-state index contributed by atoms with van der Waals surface area (Å²) >= 11 is 0. The Hall–Kier alpha value is -1.39. The van der Waals surface area contributed by atoms with Crippen molar-refractivity contribution in [2.24, 2.45) is 5.16 Å². The van der Waals surface area contributed by atoms with Crippen molar-refractivity contribution in [2.45, 2.75) is 26.2 Å². The highest BCUT2D eigenvalue weighted by Crippen LogP contribution is 2.22. The number of nitro groups is 1. The standard InChI is InChI=1S/C7H10N2O3/c1-5-6(8-10)3-2-4-7(5)9(11)12/h10H,2-4H2,1H3/b8-6+. The van der Waals surface area contributed by atoms with Crippen molar-refractivity contribution in [3.05, 3.63) is 21.4 Å². The fraction of sp³-hybridized carbons (Fsp3) is 0.571. The topological polar surface area (TPSA) is 75.7 Å². The summed E-state index contributed by atoms with van der Waals surface area (Å²) in [7, 11) is 0. The molecule has 1 aliphatic carbocycles. The van der Waals surface area contributed by atoms with Gasteiger partial charge in [-0.3, -0.25) is 10.1 Å². The Bertz CT molecular complexity index is 268. The number of nitrogens with zero attached hydrogens (tertiary/aromatic N) is 2. The van der Waals surface area contributed by atoms with Crippen LogP contribution in [0.4, 0.5) is 0 Å². The largest absolute Gasteiger partial charge is 0.411 e. The molecular weight excluding hydrogens is 160 g/mol. The van der Waals surface area contributed by atoms with Crippen LogP contribution in [0.25, 0.3) is 0 Å². The van der Waals surface area contributed by atoms with Gasteiger partial charge in [-0.05, 0) is 19.8 Å². The smallest absolute Gasteiger partial charge is 0.251 e. The van der Waals surface area contributed by atoms with Gasteiger partial charge < -0.3 is 5.21 Å². The second-order valence-corrected chi connectivity index (χ2v) is 2.73. The van der Waals surface area contributed by atoms with Gasteiger partial charge in [-0.2, -0.15) is 0 Å². The normalized spacial score (nSPS) is 21.6. The average Bonchev–Trinajstić information content (AvgIpc) is 2.04. The number of rotatable bonds is 1. The molecule has 12 heavy (non-hydrogen) atoms. The van der Waals surface area contributed by atoms with Crippen LogP contribution >= 0.6 is 0 Å². The minimum atomic E-state index is -0.403. The van der Waals surface area contributed by atoms with Crippen molar-refractivity contribution in [2.75, 3.05) is 0 Å². The van der Waals surface area contributed by atoms with E-state index < -0.39 is 4.92 Å². The van der Waals surface area contributed by atoms with Crippen LogP contribution in [-0.2, 0) is 0 Å². The van der Waals surface area contributed by atoms with E-state index in [1.165, 1.54) is 0 Å². The van der Waals surface area contributed by atoms with E-state index in [0.717, 1.165) is 0 Å². The fourth-order valence-electron chi connectivity index (χ4n) is 1.32. The molecule has 0 aromatic heterocycles. The SMILES string of the molecule is CC1=C([N+](=O)[O-])CCC/C1=N\O. The lowest BCUT2D eigenvalue weighted by Gasteiger charge is -2.11. The monoisotopic (exact) mass is 170 g/mol. The van der Waals surface area contributed by atoms with Gasteiger partial charge in [0.05, 0.1) is 10.6 Å². The first-order valence-electron chi connectivity index (χ1n) is 3.72. The zero-order valence-electron chi connectivity index (χ0n) is 6.78. The van der Waals surface area contributed by atoms with Gasteiger partial charge >= 0.3 is 0 Å². The quantitative estimate of drug-likeness (QED) is 0.368. The summed E-state index contributed by atoms with van der Waals surface area (Å²) < 4.78 is 0. The molecule has 66 valence electrons. The number of hydrogen-bond donors (Lipinski definition) is 1. The van der Waals surface area contributed by atoms with Crippen molar-refractivity contribution in [3.63, 3.8) is 0 Å². The summed E-state index contributed by atoms with van der Waals surface area (Å²) in [6, 6.07) is 0. The molecule has 0 amide bonds. The predicted molar refractivity (Wildman–Crippen MR) is 42.8 cm³/mol. The van der Waals surface area contributed by atoms with Crippen LogP contribution in [0.5, 0.6) is 0 Å². The van der Waals surface area contributed by atoms with Crippen molar-refractivity contribution in [1.29, 1.82) is 0 Å². The lowest BCUT2D eigenvalue weighted by Crippen LogP contribution is -2.14. The number of allylic oxidation sites excluding steroid dienone is 2.